The first-order chi connectivity index (χ1) is 7.59. The summed E-state index contributed by atoms with van der Waals surface area (Å²) in [6.45, 7) is 5.76. The molecular weight excluding hydrogens is 264 g/mol. The first kappa shape index (κ1) is 11.8. The van der Waals surface area contributed by atoms with Crippen molar-refractivity contribution in [3.05, 3.63) is 22.7 Å². The molecule has 0 aromatic heterocycles. The van der Waals surface area contributed by atoms with E-state index in [2.05, 4.69) is 40.7 Å². The van der Waals surface area contributed by atoms with Gasteiger partial charge in [0.25, 0.3) is 0 Å². The molecule has 1 aliphatic rings. The molecule has 0 bridgehead atoms. The number of hydrogen-bond acceptors (Lipinski definition) is 2. The van der Waals surface area contributed by atoms with Crippen molar-refractivity contribution < 1.29 is 0 Å². The number of nitrogen functional groups attached to an aromatic ring is 1. The second-order valence-electron chi connectivity index (χ2n) is 4.86. The van der Waals surface area contributed by atoms with E-state index in [1.54, 1.807) is 0 Å². The molecule has 0 spiro atoms. The Labute approximate surface area is 106 Å². The average molecular weight is 283 g/mol. The van der Waals surface area contributed by atoms with Gasteiger partial charge in [-0.2, -0.15) is 0 Å². The molecule has 1 unspecified atom stereocenters. The van der Waals surface area contributed by atoms with Crippen LogP contribution in [0.25, 0.3) is 0 Å². The Hall–Kier alpha value is -0.700. The standard InChI is InChI=1S/C13H19BrN2/c1-9(2)12-4-3-7-16(12)13-6-5-10(15)8-11(13)14/h5-6,8-9,12H,3-4,7,15H2,1-2H3. The molecule has 16 heavy (non-hydrogen) atoms. The van der Waals surface area contributed by atoms with Crippen molar-refractivity contribution in [3.63, 3.8) is 0 Å². The van der Waals surface area contributed by atoms with Crippen LogP contribution in [-0.2, 0) is 0 Å². The summed E-state index contributed by atoms with van der Waals surface area (Å²) in [7, 11) is 0. The van der Waals surface area contributed by atoms with Crippen LogP contribution in [-0.4, -0.2) is 12.6 Å². The minimum Gasteiger partial charge on any atom is -0.399 e. The highest BCUT2D eigenvalue weighted by molar-refractivity contribution is 9.10. The Morgan fingerprint density at radius 1 is 1.44 bits per heavy atom. The summed E-state index contributed by atoms with van der Waals surface area (Å²) < 4.78 is 1.11. The third-order valence-electron chi connectivity index (χ3n) is 3.35. The maximum Gasteiger partial charge on any atom is 0.0514 e. The second-order valence-corrected chi connectivity index (χ2v) is 5.71. The summed E-state index contributed by atoms with van der Waals surface area (Å²) in [6.07, 6.45) is 2.59. The normalized spacial score (nSPS) is 20.8. The van der Waals surface area contributed by atoms with Crippen LogP contribution in [0.15, 0.2) is 22.7 Å². The molecule has 1 aliphatic heterocycles. The summed E-state index contributed by atoms with van der Waals surface area (Å²) in [5.74, 6) is 0.701. The third kappa shape index (κ3) is 2.19. The maximum absolute atomic E-state index is 5.77. The Balaban J connectivity index is 2.29. The van der Waals surface area contributed by atoms with Crippen molar-refractivity contribution in [2.45, 2.75) is 32.7 Å². The van der Waals surface area contributed by atoms with Crippen LogP contribution in [0.4, 0.5) is 11.4 Å². The Kier molecular flexibility index (Phi) is 3.43. The predicted molar refractivity (Wildman–Crippen MR) is 73.8 cm³/mol. The number of nitrogens with zero attached hydrogens (tertiary/aromatic N) is 1. The minimum absolute atomic E-state index is 0.667. The topological polar surface area (TPSA) is 29.3 Å². The first-order valence-electron chi connectivity index (χ1n) is 5.91. The van der Waals surface area contributed by atoms with Crippen LogP contribution < -0.4 is 10.6 Å². The van der Waals surface area contributed by atoms with Crippen LogP contribution >= 0.6 is 15.9 Å². The van der Waals surface area contributed by atoms with Gasteiger partial charge in [0.2, 0.25) is 0 Å². The van der Waals surface area contributed by atoms with Gasteiger partial charge in [-0.1, -0.05) is 13.8 Å². The van der Waals surface area contributed by atoms with Gasteiger partial charge in [0.05, 0.1) is 5.69 Å². The zero-order chi connectivity index (χ0) is 11.7. The second kappa shape index (κ2) is 4.66. The van der Waals surface area contributed by atoms with Crippen molar-refractivity contribution in [2.24, 2.45) is 5.92 Å². The zero-order valence-electron chi connectivity index (χ0n) is 9.91. The molecule has 1 atom stereocenters. The van der Waals surface area contributed by atoms with Crippen LogP contribution in [0.5, 0.6) is 0 Å². The highest BCUT2D eigenvalue weighted by Gasteiger charge is 2.28. The van der Waals surface area contributed by atoms with Crippen molar-refractivity contribution in [2.75, 3.05) is 17.2 Å². The van der Waals surface area contributed by atoms with Gasteiger partial charge in [-0.05, 0) is 52.9 Å². The molecule has 3 heteroatoms. The number of rotatable bonds is 2. The van der Waals surface area contributed by atoms with E-state index in [0.717, 1.165) is 16.7 Å². The molecule has 1 fully saturated rings. The average Bonchev–Trinajstić information content (AvgIpc) is 2.66. The molecule has 2 rings (SSSR count). The van der Waals surface area contributed by atoms with E-state index in [4.69, 9.17) is 5.73 Å². The largest absolute Gasteiger partial charge is 0.399 e. The lowest BCUT2D eigenvalue weighted by molar-refractivity contribution is 0.491. The molecule has 1 aromatic carbocycles. The molecule has 1 aromatic rings. The van der Waals surface area contributed by atoms with E-state index in [1.807, 2.05) is 12.1 Å². The molecule has 0 aliphatic carbocycles. The van der Waals surface area contributed by atoms with Crippen LogP contribution in [0, 0.1) is 5.92 Å². The SMILES string of the molecule is CC(C)C1CCCN1c1ccc(N)cc1Br. The fourth-order valence-corrected chi connectivity index (χ4v) is 3.17. The smallest absolute Gasteiger partial charge is 0.0514 e. The van der Waals surface area contributed by atoms with Crippen molar-refractivity contribution >= 4 is 27.3 Å². The van der Waals surface area contributed by atoms with Gasteiger partial charge in [-0.25, -0.2) is 0 Å². The van der Waals surface area contributed by atoms with Gasteiger partial charge in [0.1, 0.15) is 0 Å². The zero-order valence-corrected chi connectivity index (χ0v) is 11.5. The predicted octanol–water partition coefficient (Wildman–Crippen LogP) is 3.66. The minimum atomic E-state index is 0.667. The van der Waals surface area contributed by atoms with E-state index in [1.165, 1.54) is 18.5 Å². The highest BCUT2D eigenvalue weighted by Crippen LogP contribution is 2.35. The van der Waals surface area contributed by atoms with Gasteiger partial charge in [-0.15, -0.1) is 0 Å². The fraction of sp³-hybridized carbons (Fsp3) is 0.538. The van der Waals surface area contributed by atoms with Gasteiger partial charge in [0.15, 0.2) is 0 Å². The molecule has 2 N–H and O–H groups in total. The molecular formula is C13H19BrN2. The first-order valence-corrected chi connectivity index (χ1v) is 6.70. The fourth-order valence-electron chi connectivity index (χ4n) is 2.54. The van der Waals surface area contributed by atoms with E-state index in [-0.39, 0.29) is 0 Å². The Bertz CT molecular complexity index is 376. The molecule has 0 radical (unpaired) electrons. The van der Waals surface area contributed by atoms with Crippen molar-refractivity contribution in [1.29, 1.82) is 0 Å². The summed E-state index contributed by atoms with van der Waals surface area (Å²) in [6, 6.07) is 6.76. The van der Waals surface area contributed by atoms with Crippen molar-refractivity contribution in [3.8, 4) is 0 Å². The lowest BCUT2D eigenvalue weighted by Gasteiger charge is -2.30. The van der Waals surface area contributed by atoms with Gasteiger partial charge < -0.3 is 10.6 Å². The lowest BCUT2D eigenvalue weighted by atomic mass is 10.0. The number of nitrogens with two attached hydrogens (primary N) is 1. The van der Waals surface area contributed by atoms with Crippen molar-refractivity contribution in [1.82, 2.24) is 0 Å². The number of hydrogen-bond donors (Lipinski definition) is 1. The van der Waals surface area contributed by atoms with E-state index in [9.17, 15) is 0 Å². The Morgan fingerprint density at radius 3 is 2.81 bits per heavy atom. The van der Waals surface area contributed by atoms with Gasteiger partial charge in [-0.3, -0.25) is 0 Å². The van der Waals surface area contributed by atoms with Gasteiger partial charge in [0, 0.05) is 22.7 Å². The molecule has 2 nitrogen and oxygen atoms in total. The van der Waals surface area contributed by atoms with E-state index in [0.29, 0.717) is 12.0 Å². The maximum atomic E-state index is 5.77. The summed E-state index contributed by atoms with van der Waals surface area (Å²) >= 11 is 3.61. The van der Waals surface area contributed by atoms with Crippen LogP contribution in [0.1, 0.15) is 26.7 Å². The highest BCUT2D eigenvalue weighted by atomic mass is 79.9. The quantitative estimate of drug-likeness (QED) is 0.839. The molecule has 0 saturated carbocycles. The van der Waals surface area contributed by atoms with E-state index >= 15 is 0 Å². The Morgan fingerprint density at radius 2 is 2.19 bits per heavy atom. The third-order valence-corrected chi connectivity index (χ3v) is 3.99. The molecule has 1 saturated heterocycles. The van der Waals surface area contributed by atoms with Gasteiger partial charge >= 0.3 is 0 Å². The van der Waals surface area contributed by atoms with Crippen LogP contribution in [0.3, 0.4) is 0 Å². The molecule has 0 amide bonds. The van der Waals surface area contributed by atoms with Crippen LogP contribution in [0.2, 0.25) is 0 Å². The summed E-state index contributed by atoms with van der Waals surface area (Å²) in [5, 5.41) is 0. The summed E-state index contributed by atoms with van der Waals surface area (Å²) in [5.41, 5.74) is 7.87. The van der Waals surface area contributed by atoms with E-state index < -0.39 is 0 Å². The monoisotopic (exact) mass is 282 g/mol. The lowest BCUT2D eigenvalue weighted by Crippen LogP contribution is -2.33. The summed E-state index contributed by atoms with van der Waals surface area (Å²) in [4.78, 5) is 2.51. The molecule has 88 valence electrons. The molecule has 1 heterocycles. The number of anilines is 2. The number of halogens is 1. The number of benzene rings is 1.